The molecule has 2 aliphatic heterocycles. The molecule has 0 amide bonds. The number of benzene rings is 1. The summed E-state index contributed by atoms with van der Waals surface area (Å²) in [5, 5.41) is 21.2. The molecule has 0 aromatic heterocycles. The summed E-state index contributed by atoms with van der Waals surface area (Å²) in [5.41, 5.74) is 1.98. The van der Waals surface area contributed by atoms with Crippen molar-refractivity contribution < 1.29 is 19.4 Å². The van der Waals surface area contributed by atoms with Crippen molar-refractivity contribution in [1.29, 1.82) is 0 Å². The van der Waals surface area contributed by atoms with E-state index in [1.807, 2.05) is 20.0 Å². The number of hydrogen-bond acceptors (Lipinski definition) is 7. The molecule has 2 atom stereocenters. The predicted molar refractivity (Wildman–Crippen MR) is 79.3 cm³/mol. The standard InChI is InChI=1S/C15H21N2O5/c1-4-10(17(18)19)13-12-9(5-6-16(13)2)7-11-14(15(12)20-3)22-8-21-11/h7,10,13,18H,4-6,8H2,1-3H3/q-1/t10-,13-/m1/s1. The Balaban J connectivity index is 2.16. The Morgan fingerprint density at radius 2 is 2.32 bits per heavy atom. The maximum atomic E-state index is 11.6. The van der Waals surface area contributed by atoms with Crippen molar-refractivity contribution in [2.24, 2.45) is 0 Å². The molecule has 22 heavy (non-hydrogen) atoms. The van der Waals surface area contributed by atoms with Gasteiger partial charge in [-0.25, -0.2) is 0 Å². The predicted octanol–water partition coefficient (Wildman–Crippen LogP) is 1.92. The number of ether oxygens (including phenoxy) is 3. The molecule has 2 heterocycles. The Kier molecular flexibility index (Phi) is 4.14. The van der Waals surface area contributed by atoms with Gasteiger partial charge in [0.15, 0.2) is 11.5 Å². The molecule has 7 nitrogen and oxygen atoms in total. The number of rotatable bonds is 4. The van der Waals surface area contributed by atoms with E-state index in [2.05, 4.69) is 4.90 Å². The lowest BCUT2D eigenvalue weighted by molar-refractivity contribution is -0.105. The van der Waals surface area contributed by atoms with Gasteiger partial charge in [-0.15, -0.1) is 0 Å². The lowest BCUT2D eigenvalue weighted by atomic mass is 9.86. The molecule has 0 fully saturated rings. The van der Waals surface area contributed by atoms with Gasteiger partial charge in [0.05, 0.1) is 13.2 Å². The van der Waals surface area contributed by atoms with Gasteiger partial charge in [0.1, 0.15) is 0 Å². The molecular formula is C15H21N2O5-. The van der Waals surface area contributed by atoms with Crippen LogP contribution in [0.1, 0.15) is 30.5 Å². The molecule has 0 aliphatic carbocycles. The van der Waals surface area contributed by atoms with Gasteiger partial charge in [0.25, 0.3) is 0 Å². The summed E-state index contributed by atoms with van der Waals surface area (Å²) >= 11 is 0. The zero-order chi connectivity index (χ0) is 15.9. The molecule has 0 saturated heterocycles. The monoisotopic (exact) mass is 309 g/mol. The number of hydroxylamine groups is 2. The van der Waals surface area contributed by atoms with Crippen LogP contribution in [-0.2, 0) is 6.42 Å². The molecule has 2 aliphatic rings. The van der Waals surface area contributed by atoms with Gasteiger partial charge in [-0.3, -0.25) is 10.1 Å². The molecule has 7 heteroatoms. The van der Waals surface area contributed by atoms with E-state index in [0.717, 1.165) is 24.1 Å². The minimum Gasteiger partial charge on any atom is -0.762 e. The van der Waals surface area contributed by atoms with Gasteiger partial charge in [-0.05, 0) is 31.5 Å². The summed E-state index contributed by atoms with van der Waals surface area (Å²) in [5.74, 6) is 1.85. The Labute approximate surface area is 129 Å². The van der Waals surface area contributed by atoms with Crippen LogP contribution in [-0.4, -0.2) is 48.9 Å². The zero-order valence-corrected chi connectivity index (χ0v) is 13.0. The van der Waals surface area contributed by atoms with E-state index in [9.17, 15) is 10.4 Å². The number of methoxy groups -OCH3 is 1. The number of fused-ring (bicyclic) bond motifs is 2. The van der Waals surface area contributed by atoms with Crippen molar-refractivity contribution in [1.82, 2.24) is 10.1 Å². The van der Waals surface area contributed by atoms with Crippen LogP contribution >= 0.6 is 0 Å². The first kappa shape index (κ1) is 15.4. The van der Waals surface area contributed by atoms with E-state index in [1.165, 1.54) is 0 Å². The van der Waals surface area contributed by atoms with Crippen LogP contribution in [0.4, 0.5) is 0 Å². The second-order valence-corrected chi connectivity index (χ2v) is 5.67. The maximum absolute atomic E-state index is 11.6. The third kappa shape index (κ3) is 2.30. The van der Waals surface area contributed by atoms with Crippen molar-refractivity contribution >= 4 is 0 Å². The first-order valence-corrected chi connectivity index (χ1v) is 7.43. The van der Waals surface area contributed by atoms with Gasteiger partial charge in [-0.1, -0.05) is 6.92 Å². The highest BCUT2D eigenvalue weighted by Crippen LogP contribution is 2.50. The maximum Gasteiger partial charge on any atom is 0.231 e. The van der Waals surface area contributed by atoms with E-state index >= 15 is 0 Å². The molecule has 0 radical (unpaired) electrons. The quantitative estimate of drug-likeness (QED) is 0.851. The minimum atomic E-state index is -0.571. The van der Waals surface area contributed by atoms with E-state index in [4.69, 9.17) is 14.2 Å². The van der Waals surface area contributed by atoms with Gasteiger partial charge in [-0.2, -0.15) is 0 Å². The lowest BCUT2D eigenvalue weighted by Crippen LogP contribution is -2.44. The smallest absolute Gasteiger partial charge is 0.231 e. The van der Waals surface area contributed by atoms with E-state index in [0.29, 0.717) is 23.7 Å². The fourth-order valence-electron chi connectivity index (χ4n) is 3.45. The molecule has 122 valence electrons. The van der Waals surface area contributed by atoms with Crippen molar-refractivity contribution in [2.75, 3.05) is 27.5 Å². The molecule has 0 spiro atoms. The van der Waals surface area contributed by atoms with Gasteiger partial charge >= 0.3 is 0 Å². The topological polar surface area (TPSA) is 77.5 Å². The first-order chi connectivity index (χ1) is 10.6. The zero-order valence-electron chi connectivity index (χ0n) is 13.0. The Morgan fingerprint density at radius 1 is 1.55 bits per heavy atom. The van der Waals surface area contributed by atoms with E-state index < -0.39 is 6.04 Å². The third-order valence-electron chi connectivity index (χ3n) is 4.52. The summed E-state index contributed by atoms with van der Waals surface area (Å²) in [6, 6.07) is 1.12. The molecule has 1 aromatic carbocycles. The summed E-state index contributed by atoms with van der Waals surface area (Å²) < 4.78 is 16.6. The average Bonchev–Trinajstić information content (AvgIpc) is 2.95. The fourth-order valence-corrected chi connectivity index (χ4v) is 3.45. The minimum absolute atomic E-state index is 0.0558. The highest BCUT2D eigenvalue weighted by atomic mass is 16.8. The van der Waals surface area contributed by atoms with Crippen LogP contribution < -0.4 is 14.2 Å². The van der Waals surface area contributed by atoms with Crippen molar-refractivity contribution in [2.45, 2.75) is 31.8 Å². The number of hydrogen-bond donors (Lipinski definition) is 1. The van der Waals surface area contributed by atoms with E-state index in [1.54, 1.807) is 7.11 Å². The van der Waals surface area contributed by atoms with E-state index in [-0.39, 0.29) is 18.1 Å². The second kappa shape index (κ2) is 5.92. The van der Waals surface area contributed by atoms with Gasteiger partial charge < -0.3 is 24.6 Å². The Bertz CT molecular complexity index is 563. The molecule has 3 rings (SSSR count). The van der Waals surface area contributed by atoms with Crippen molar-refractivity contribution in [3.63, 3.8) is 0 Å². The fraction of sp³-hybridized carbons (Fsp3) is 0.600. The molecule has 1 aromatic rings. The Hall–Kier alpha value is -1.54. The van der Waals surface area contributed by atoms with Crippen LogP contribution in [0.5, 0.6) is 17.2 Å². The SMILES string of the molecule is CC[C@H]([C@@H]1c2c(cc3c(c2OC)OCO3)CCN1C)N([O-])O. The van der Waals surface area contributed by atoms with Crippen LogP contribution in [0.3, 0.4) is 0 Å². The summed E-state index contributed by atoms with van der Waals surface area (Å²) in [7, 11) is 3.53. The molecule has 0 bridgehead atoms. The Morgan fingerprint density at radius 3 is 2.95 bits per heavy atom. The van der Waals surface area contributed by atoms with Gasteiger partial charge in [0, 0.05) is 18.2 Å². The summed E-state index contributed by atoms with van der Waals surface area (Å²) in [6.07, 6.45) is 1.35. The summed E-state index contributed by atoms with van der Waals surface area (Å²) in [6.45, 7) is 2.85. The van der Waals surface area contributed by atoms with Crippen LogP contribution in [0.25, 0.3) is 0 Å². The van der Waals surface area contributed by atoms with Gasteiger partial charge in [0.2, 0.25) is 12.5 Å². The molecular weight excluding hydrogens is 288 g/mol. The highest BCUT2D eigenvalue weighted by Gasteiger charge is 2.37. The normalized spacial score (nSPS) is 21.8. The third-order valence-corrected chi connectivity index (χ3v) is 4.52. The number of likely N-dealkylation sites (N-methyl/N-ethyl adjacent to an activating group) is 1. The van der Waals surface area contributed by atoms with Crippen LogP contribution in [0.15, 0.2) is 6.07 Å². The summed E-state index contributed by atoms with van der Waals surface area (Å²) in [4.78, 5) is 2.07. The highest BCUT2D eigenvalue weighted by molar-refractivity contribution is 5.62. The molecule has 1 N–H and O–H groups in total. The average molecular weight is 309 g/mol. The first-order valence-electron chi connectivity index (χ1n) is 7.43. The van der Waals surface area contributed by atoms with Crippen LogP contribution in [0, 0.1) is 5.21 Å². The molecule has 0 unspecified atom stereocenters. The largest absolute Gasteiger partial charge is 0.762 e. The van der Waals surface area contributed by atoms with Crippen LogP contribution in [0.2, 0.25) is 0 Å². The van der Waals surface area contributed by atoms with Crippen molar-refractivity contribution in [3.8, 4) is 17.2 Å². The molecule has 0 saturated carbocycles. The van der Waals surface area contributed by atoms with Crippen molar-refractivity contribution in [3.05, 3.63) is 22.4 Å². The number of nitrogens with zero attached hydrogens (tertiary/aromatic N) is 2. The second-order valence-electron chi connectivity index (χ2n) is 5.67. The lowest BCUT2D eigenvalue weighted by Gasteiger charge is -2.44.